The van der Waals surface area contributed by atoms with E-state index in [1.807, 2.05) is 38.1 Å². The molecule has 1 aromatic rings. The molecule has 0 fully saturated rings. The van der Waals surface area contributed by atoms with Crippen LogP contribution in [0.15, 0.2) is 28.7 Å². The summed E-state index contributed by atoms with van der Waals surface area (Å²) < 4.78 is 1.00. The highest BCUT2D eigenvalue weighted by Crippen LogP contribution is 2.13. The Kier molecular flexibility index (Phi) is 7.22. The second-order valence-electron chi connectivity index (χ2n) is 5.08. The Morgan fingerprint density at radius 2 is 1.90 bits per heavy atom. The van der Waals surface area contributed by atoms with Crippen LogP contribution in [0.4, 0.5) is 4.79 Å². The third-order valence-electron chi connectivity index (χ3n) is 2.99. The van der Waals surface area contributed by atoms with Crippen molar-refractivity contribution in [1.82, 2.24) is 10.2 Å². The minimum absolute atomic E-state index is 0.0631. The van der Waals surface area contributed by atoms with E-state index in [1.54, 1.807) is 4.90 Å². The lowest BCUT2D eigenvalue weighted by Crippen LogP contribution is -2.43. The Labute approximate surface area is 133 Å². The van der Waals surface area contributed by atoms with Crippen molar-refractivity contribution in [2.24, 2.45) is 0 Å². The van der Waals surface area contributed by atoms with Crippen molar-refractivity contribution in [3.63, 3.8) is 0 Å². The summed E-state index contributed by atoms with van der Waals surface area (Å²) in [6, 6.07) is 7.72. The van der Waals surface area contributed by atoms with Crippen molar-refractivity contribution in [3.05, 3.63) is 34.3 Å². The van der Waals surface area contributed by atoms with Crippen LogP contribution in [0.25, 0.3) is 0 Å². The van der Waals surface area contributed by atoms with Crippen LogP contribution in [0.2, 0.25) is 0 Å². The number of aliphatic carboxylic acids is 1. The molecule has 0 heterocycles. The number of hydrogen-bond acceptors (Lipinski definition) is 2. The van der Waals surface area contributed by atoms with Crippen molar-refractivity contribution in [2.45, 2.75) is 39.3 Å². The van der Waals surface area contributed by atoms with Gasteiger partial charge in [0, 0.05) is 30.0 Å². The number of carbonyl (C=O) groups is 2. The van der Waals surface area contributed by atoms with Crippen LogP contribution >= 0.6 is 15.9 Å². The van der Waals surface area contributed by atoms with Gasteiger partial charge < -0.3 is 15.3 Å². The van der Waals surface area contributed by atoms with Gasteiger partial charge in [-0.05, 0) is 38.0 Å². The normalized spacial score (nSPS) is 10.5. The van der Waals surface area contributed by atoms with Gasteiger partial charge in [0.15, 0.2) is 0 Å². The summed E-state index contributed by atoms with van der Waals surface area (Å²) >= 11 is 3.38. The van der Waals surface area contributed by atoms with Crippen LogP contribution in [0.3, 0.4) is 0 Å². The number of halogens is 1. The molecule has 2 amide bonds. The lowest BCUT2D eigenvalue weighted by atomic mass is 10.2. The first kappa shape index (κ1) is 17.5. The van der Waals surface area contributed by atoms with Crippen molar-refractivity contribution in [2.75, 3.05) is 6.54 Å². The van der Waals surface area contributed by atoms with Crippen LogP contribution in [0.1, 0.15) is 32.3 Å². The molecule has 1 aromatic carbocycles. The molecule has 1 rings (SSSR count). The Morgan fingerprint density at radius 1 is 1.29 bits per heavy atom. The molecule has 116 valence electrons. The Bertz CT molecular complexity index is 474. The van der Waals surface area contributed by atoms with Crippen LogP contribution in [0.5, 0.6) is 0 Å². The number of amides is 2. The van der Waals surface area contributed by atoms with Crippen LogP contribution in [-0.4, -0.2) is 34.6 Å². The maximum atomic E-state index is 12.2. The van der Waals surface area contributed by atoms with Gasteiger partial charge in [0.1, 0.15) is 0 Å². The first-order valence-electron chi connectivity index (χ1n) is 6.91. The van der Waals surface area contributed by atoms with Crippen LogP contribution in [0, 0.1) is 0 Å². The zero-order valence-electron chi connectivity index (χ0n) is 12.3. The molecule has 6 heteroatoms. The molecule has 0 aliphatic rings. The minimum atomic E-state index is -0.847. The lowest BCUT2D eigenvalue weighted by Gasteiger charge is -2.27. The third kappa shape index (κ3) is 6.62. The number of carboxylic acid groups (broad SMARTS) is 1. The number of carbonyl (C=O) groups excluding carboxylic acids is 1. The van der Waals surface area contributed by atoms with Gasteiger partial charge in [0.05, 0.1) is 0 Å². The number of rotatable bonds is 7. The molecule has 0 atom stereocenters. The van der Waals surface area contributed by atoms with E-state index in [0.717, 1.165) is 10.0 Å². The average molecular weight is 357 g/mol. The van der Waals surface area contributed by atoms with Crippen LogP contribution < -0.4 is 5.32 Å². The second kappa shape index (κ2) is 8.67. The fourth-order valence-corrected chi connectivity index (χ4v) is 2.08. The van der Waals surface area contributed by atoms with Gasteiger partial charge in [-0.15, -0.1) is 0 Å². The highest BCUT2D eigenvalue weighted by atomic mass is 79.9. The maximum absolute atomic E-state index is 12.2. The number of nitrogens with one attached hydrogen (secondary N) is 1. The molecule has 2 N–H and O–H groups in total. The quantitative estimate of drug-likeness (QED) is 0.736. The van der Waals surface area contributed by atoms with E-state index in [9.17, 15) is 9.59 Å². The zero-order chi connectivity index (χ0) is 15.8. The second-order valence-corrected chi connectivity index (χ2v) is 5.99. The summed E-state index contributed by atoms with van der Waals surface area (Å²) in [6.07, 6.45) is 0.500. The molecule has 0 saturated carbocycles. The zero-order valence-corrected chi connectivity index (χ0v) is 13.9. The summed E-state index contributed by atoms with van der Waals surface area (Å²) in [5, 5.41) is 11.3. The predicted molar refractivity (Wildman–Crippen MR) is 85.1 cm³/mol. The third-order valence-corrected chi connectivity index (χ3v) is 3.52. The Morgan fingerprint density at radius 3 is 2.43 bits per heavy atom. The number of benzene rings is 1. The largest absolute Gasteiger partial charge is 0.481 e. The summed E-state index contributed by atoms with van der Waals surface area (Å²) in [5.41, 5.74) is 1.05. The topological polar surface area (TPSA) is 69.6 Å². The molecule has 5 nitrogen and oxygen atoms in total. The van der Waals surface area contributed by atoms with Gasteiger partial charge in [0.2, 0.25) is 0 Å². The summed E-state index contributed by atoms with van der Waals surface area (Å²) in [7, 11) is 0. The molecule has 0 unspecified atom stereocenters. The Balaban J connectivity index is 2.54. The van der Waals surface area contributed by atoms with E-state index in [0.29, 0.717) is 19.5 Å². The molecular weight excluding hydrogens is 336 g/mol. The van der Waals surface area contributed by atoms with Gasteiger partial charge in [-0.2, -0.15) is 0 Å². The molecule has 0 radical (unpaired) electrons. The van der Waals surface area contributed by atoms with Crippen LogP contribution in [-0.2, 0) is 11.3 Å². The Hall–Kier alpha value is -1.56. The molecule has 0 spiro atoms. The SMILES string of the molecule is CC(C)N(Cc1ccc(Br)cc1)C(=O)NCCCC(=O)O. The van der Waals surface area contributed by atoms with Crippen molar-refractivity contribution >= 4 is 27.9 Å². The van der Waals surface area contributed by atoms with Gasteiger partial charge in [-0.3, -0.25) is 4.79 Å². The number of carboxylic acids is 1. The highest BCUT2D eigenvalue weighted by molar-refractivity contribution is 9.10. The van der Waals surface area contributed by atoms with E-state index in [-0.39, 0.29) is 18.5 Å². The highest BCUT2D eigenvalue weighted by Gasteiger charge is 2.16. The van der Waals surface area contributed by atoms with Crippen molar-refractivity contribution in [3.8, 4) is 0 Å². The summed E-state index contributed by atoms with van der Waals surface area (Å²) in [6.45, 7) is 4.80. The van der Waals surface area contributed by atoms with Gasteiger partial charge in [-0.1, -0.05) is 28.1 Å². The molecule has 0 bridgehead atoms. The monoisotopic (exact) mass is 356 g/mol. The minimum Gasteiger partial charge on any atom is -0.481 e. The van der Waals surface area contributed by atoms with Gasteiger partial charge in [-0.25, -0.2) is 4.79 Å². The number of nitrogens with zero attached hydrogens (tertiary/aromatic N) is 1. The fraction of sp³-hybridized carbons (Fsp3) is 0.467. The van der Waals surface area contributed by atoms with E-state index < -0.39 is 5.97 Å². The first-order valence-corrected chi connectivity index (χ1v) is 7.70. The number of hydrogen-bond donors (Lipinski definition) is 2. The van der Waals surface area contributed by atoms with Crippen molar-refractivity contribution in [1.29, 1.82) is 0 Å². The first-order chi connectivity index (χ1) is 9.90. The summed E-state index contributed by atoms with van der Waals surface area (Å²) in [5.74, 6) is -0.847. The maximum Gasteiger partial charge on any atom is 0.317 e. The predicted octanol–water partition coefficient (Wildman–Crippen LogP) is 3.23. The standard InChI is InChI=1S/C15H21BrN2O3/c1-11(2)18(10-12-5-7-13(16)8-6-12)15(21)17-9-3-4-14(19)20/h5-8,11H,3-4,9-10H2,1-2H3,(H,17,21)(H,19,20). The molecule has 0 saturated heterocycles. The molecular formula is C15H21BrN2O3. The van der Waals surface area contributed by atoms with E-state index in [1.165, 1.54) is 0 Å². The fourth-order valence-electron chi connectivity index (χ4n) is 1.81. The smallest absolute Gasteiger partial charge is 0.317 e. The summed E-state index contributed by atoms with van der Waals surface area (Å²) in [4.78, 5) is 24.3. The van der Waals surface area contributed by atoms with E-state index in [4.69, 9.17) is 5.11 Å². The molecule has 0 aliphatic carbocycles. The average Bonchev–Trinajstić information content (AvgIpc) is 2.42. The van der Waals surface area contributed by atoms with E-state index in [2.05, 4.69) is 21.2 Å². The molecule has 0 aromatic heterocycles. The van der Waals surface area contributed by atoms with Crippen molar-refractivity contribution < 1.29 is 14.7 Å². The molecule has 0 aliphatic heterocycles. The molecule has 21 heavy (non-hydrogen) atoms. The lowest BCUT2D eigenvalue weighted by molar-refractivity contribution is -0.137. The van der Waals surface area contributed by atoms with Gasteiger partial charge >= 0.3 is 12.0 Å². The van der Waals surface area contributed by atoms with E-state index >= 15 is 0 Å². The van der Waals surface area contributed by atoms with Gasteiger partial charge in [0.25, 0.3) is 0 Å². The number of urea groups is 1.